The lowest BCUT2D eigenvalue weighted by molar-refractivity contribution is -0.107. The number of aryl methyl sites for hydroxylation is 1. The zero-order chi connectivity index (χ0) is 16.7. The highest BCUT2D eigenvalue weighted by Gasteiger charge is 2.22. The van der Waals surface area contributed by atoms with Crippen LogP contribution in [0.2, 0.25) is 0 Å². The van der Waals surface area contributed by atoms with Gasteiger partial charge in [-0.2, -0.15) is 0 Å². The fourth-order valence-corrected chi connectivity index (χ4v) is 2.12. The summed E-state index contributed by atoms with van der Waals surface area (Å²) < 4.78 is 1.62. The van der Waals surface area contributed by atoms with E-state index in [0.29, 0.717) is 24.5 Å². The van der Waals surface area contributed by atoms with Crippen LogP contribution in [-0.2, 0) is 11.8 Å². The second-order valence-electron chi connectivity index (χ2n) is 5.50. The highest BCUT2D eigenvalue weighted by atomic mass is 16.5. The van der Waals surface area contributed by atoms with Gasteiger partial charge in [-0.3, -0.25) is 9.59 Å². The van der Waals surface area contributed by atoms with Crippen LogP contribution in [0.4, 0.5) is 5.82 Å². The topological polar surface area (TPSA) is 90.7 Å². The van der Waals surface area contributed by atoms with Gasteiger partial charge in [0.2, 0.25) is 6.41 Å². The van der Waals surface area contributed by atoms with E-state index in [1.807, 2.05) is 6.92 Å². The molecule has 0 saturated carbocycles. The first kappa shape index (κ1) is 18.1. The summed E-state index contributed by atoms with van der Waals surface area (Å²) in [6.07, 6.45) is 4.72. The molecule has 2 amide bonds. The molecular formula is C14H25N5O3. The Kier molecular flexibility index (Phi) is 7.00. The molecule has 22 heavy (non-hydrogen) atoms. The number of aromatic nitrogens is 2. The Hall–Kier alpha value is -1.93. The highest BCUT2D eigenvalue weighted by Crippen LogP contribution is 2.17. The standard InChI is InChI=1S/C14H25N5O3/c1-11(16-22)7-5-6-8-17(2)14(21)12-13(19(4)10-20)15-9-18(12)3/h9-11,16,22H,5-8H2,1-4H3. The Morgan fingerprint density at radius 3 is 2.77 bits per heavy atom. The number of anilines is 1. The number of imidazole rings is 1. The number of hydrogen-bond acceptors (Lipinski definition) is 5. The summed E-state index contributed by atoms with van der Waals surface area (Å²) in [5.41, 5.74) is 2.59. The van der Waals surface area contributed by atoms with Crippen LogP contribution in [-0.4, -0.2) is 58.7 Å². The molecule has 2 N–H and O–H groups in total. The van der Waals surface area contributed by atoms with E-state index in [1.54, 1.807) is 30.6 Å². The van der Waals surface area contributed by atoms with Crippen LogP contribution in [0.25, 0.3) is 0 Å². The predicted molar refractivity (Wildman–Crippen MR) is 82.9 cm³/mol. The maximum absolute atomic E-state index is 12.5. The van der Waals surface area contributed by atoms with Crippen LogP contribution < -0.4 is 10.4 Å². The molecule has 0 fully saturated rings. The van der Waals surface area contributed by atoms with Crippen molar-refractivity contribution in [2.45, 2.75) is 32.2 Å². The monoisotopic (exact) mass is 311 g/mol. The fraction of sp³-hybridized carbons (Fsp3) is 0.643. The van der Waals surface area contributed by atoms with E-state index in [0.717, 1.165) is 19.3 Å². The average molecular weight is 311 g/mol. The van der Waals surface area contributed by atoms with Gasteiger partial charge >= 0.3 is 0 Å². The van der Waals surface area contributed by atoms with Gasteiger partial charge in [-0.25, -0.2) is 10.5 Å². The second kappa shape index (κ2) is 8.50. The van der Waals surface area contributed by atoms with E-state index in [1.165, 1.54) is 11.2 Å². The molecule has 0 aliphatic rings. The summed E-state index contributed by atoms with van der Waals surface area (Å²) in [5.74, 6) is 0.185. The van der Waals surface area contributed by atoms with Crippen LogP contribution in [0.5, 0.6) is 0 Å². The second-order valence-corrected chi connectivity index (χ2v) is 5.50. The number of nitrogens with zero attached hydrogens (tertiary/aromatic N) is 4. The first-order valence-corrected chi connectivity index (χ1v) is 7.26. The summed E-state index contributed by atoms with van der Waals surface area (Å²) in [4.78, 5) is 30.4. The van der Waals surface area contributed by atoms with Crippen LogP contribution in [0, 0.1) is 0 Å². The van der Waals surface area contributed by atoms with Crippen LogP contribution in [0.3, 0.4) is 0 Å². The maximum Gasteiger partial charge on any atom is 0.274 e. The molecule has 0 spiro atoms. The van der Waals surface area contributed by atoms with Crippen LogP contribution in [0.1, 0.15) is 36.7 Å². The first-order chi connectivity index (χ1) is 10.4. The van der Waals surface area contributed by atoms with Crippen molar-refractivity contribution in [1.82, 2.24) is 19.9 Å². The van der Waals surface area contributed by atoms with E-state index in [4.69, 9.17) is 5.21 Å². The summed E-state index contributed by atoms with van der Waals surface area (Å²) in [7, 11) is 5.02. The fourth-order valence-electron chi connectivity index (χ4n) is 2.12. The molecule has 1 rings (SSSR count). The molecular weight excluding hydrogens is 286 g/mol. The zero-order valence-electron chi connectivity index (χ0n) is 13.6. The summed E-state index contributed by atoms with van der Waals surface area (Å²) >= 11 is 0. The van der Waals surface area contributed by atoms with Crippen molar-refractivity contribution in [2.75, 3.05) is 25.5 Å². The smallest absolute Gasteiger partial charge is 0.274 e. The Labute approximate surface area is 130 Å². The van der Waals surface area contributed by atoms with Crippen molar-refractivity contribution in [3.8, 4) is 0 Å². The maximum atomic E-state index is 12.5. The van der Waals surface area contributed by atoms with Crippen LogP contribution >= 0.6 is 0 Å². The molecule has 0 aromatic carbocycles. The molecule has 1 unspecified atom stereocenters. The lowest BCUT2D eigenvalue weighted by Crippen LogP contribution is -2.31. The third kappa shape index (κ3) is 4.54. The van der Waals surface area contributed by atoms with Crippen molar-refractivity contribution in [1.29, 1.82) is 0 Å². The zero-order valence-corrected chi connectivity index (χ0v) is 13.6. The molecule has 1 aromatic heterocycles. The van der Waals surface area contributed by atoms with E-state index < -0.39 is 0 Å². The number of unbranched alkanes of at least 4 members (excludes halogenated alkanes) is 1. The van der Waals surface area contributed by atoms with Crippen molar-refractivity contribution in [2.24, 2.45) is 7.05 Å². The van der Waals surface area contributed by atoms with Gasteiger partial charge < -0.3 is 19.6 Å². The first-order valence-electron chi connectivity index (χ1n) is 7.26. The Morgan fingerprint density at radius 2 is 2.18 bits per heavy atom. The highest BCUT2D eigenvalue weighted by molar-refractivity contribution is 5.99. The number of hydrogen-bond donors (Lipinski definition) is 2. The third-order valence-corrected chi connectivity index (χ3v) is 3.56. The molecule has 8 nitrogen and oxygen atoms in total. The number of nitrogens with one attached hydrogen (secondary N) is 1. The number of rotatable bonds is 9. The summed E-state index contributed by atoms with van der Waals surface area (Å²) in [6.45, 7) is 2.50. The normalized spacial score (nSPS) is 12.0. The molecule has 0 saturated heterocycles. The van der Waals surface area contributed by atoms with E-state index in [9.17, 15) is 9.59 Å². The van der Waals surface area contributed by atoms with Gasteiger partial charge in [0.05, 0.1) is 6.33 Å². The molecule has 8 heteroatoms. The predicted octanol–water partition coefficient (Wildman–Crippen LogP) is 0.622. The average Bonchev–Trinajstić information content (AvgIpc) is 2.90. The van der Waals surface area contributed by atoms with Gasteiger partial charge in [-0.15, -0.1) is 0 Å². The minimum atomic E-state index is -0.169. The SMILES string of the molecule is CC(CCCCN(C)C(=O)c1c(N(C)C=O)ncn1C)NO. The van der Waals surface area contributed by atoms with Crippen molar-refractivity contribution in [3.05, 3.63) is 12.0 Å². The largest absolute Gasteiger partial charge is 0.340 e. The van der Waals surface area contributed by atoms with E-state index >= 15 is 0 Å². The number of carbonyl (C=O) groups excluding carboxylic acids is 2. The minimum Gasteiger partial charge on any atom is -0.340 e. The van der Waals surface area contributed by atoms with E-state index in [-0.39, 0.29) is 11.9 Å². The van der Waals surface area contributed by atoms with Gasteiger partial charge in [-0.05, 0) is 19.8 Å². The van der Waals surface area contributed by atoms with Gasteiger partial charge in [0, 0.05) is 33.7 Å². The lowest BCUT2D eigenvalue weighted by atomic mass is 10.1. The van der Waals surface area contributed by atoms with Crippen molar-refractivity contribution >= 4 is 18.1 Å². The third-order valence-electron chi connectivity index (χ3n) is 3.56. The van der Waals surface area contributed by atoms with E-state index in [2.05, 4.69) is 10.5 Å². The number of hydroxylamine groups is 1. The van der Waals surface area contributed by atoms with Gasteiger partial charge in [0.25, 0.3) is 5.91 Å². The molecule has 0 radical (unpaired) electrons. The van der Waals surface area contributed by atoms with Gasteiger partial charge in [0.15, 0.2) is 11.5 Å². The molecule has 0 aliphatic carbocycles. The lowest BCUT2D eigenvalue weighted by Gasteiger charge is -2.19. The van der Waals surface area contributed by atoms with Gasteiger partial charge in [0.1, 0.15) is 0 Å². The van der Waals surface area contributed by atoms with Gasteiger partial charge in [-0.1, -0.05) is 6.42 Å². The summed E-state index contributed by atoms with van der Waals surface area (Å²) in [5, 5.41) is 8.74. The molecule has 1 atom stereocenters. The molecule has 0 aliphatic heterocycles. The Balaban J connectivity index is 2.63. The number of amides is 2. The molecule has 1 heterocycles. The number of carbonyl (C=O) groups is 2. The molecule has 124 valence electrons. The Morgan fingerprint density at radius 1 is 1.50 bits per heavy atom. The van der Waals surface area contributed by atoms with Crippen LogP contribution in [0.15, 0.2) is 6.33 Å². The Bertz CT molecular complexity index is 503. The molecule has 0 bridgehead atoms. The van der Waals surface area contributed by atoms with Crippen molar-refractivity contribution in [3.63, 3.8) is 0 Å². The van der Waals surface area contributed by atoms with Crippen molar-refractivity contribution < 1.29 is 14.8 Å². The quantitative estimate of drug-likeness (QED) is 0.396. The molecule has 1 aromatic rings. The minimum absolute atomic E-state index is 0.0472. The summed E-state index contributed by atoms with van der Waals surface area (Å²) in [6, 6.07) is 0.0472.